The second-order valence-corrected chi connectivity index (χ2v) is 7.45. The summed E-state index contributed by atoms with van der Waals surface area (Å²) < 4.78 is 32.0. The van der Waals surface area contributed by atoms with Crippen molar-refractivity contribution < 1.29 is 17.9 Å². The highest BCUT2D eigenvalue weighted by molar-refractivity contribution is 7.92. The van der Waals surface area contributed by atoms with Crippen LogP contribution in [0.2, 0.25) is 0 Å². The van der Waals surface area contributed by atoms with Crippen molar-refractivity contribution in [2.24, 2.45) is 0 Å². The molecular weight excluding hydrogens is 324 g/mol. The van der Waals surface area contributed by atoms with Gasteiger partial charge in [0.2, 0.25) is 0 Å². The van der Waals surface area contributed by atoms with E-state index in [-0.39, 0.29) is 17.4 Å². The molecule has 2 aromatic rings. The van der Waals surface area contributed by atoms with E-state index in [4.69, 9.17) is 4.74 Å². The molecule has 22 heavy (non-hydrogen) atoms. The Labute approximate surface area is 132 Å². The molecule has 1 unspecified atom stereocenters. The number of carbonyl (C=O) groups is 1. The summed E-state index contributed by atoms with van der Waals surface area (Å²) in [4.78, 5) is 11.7. The van der Waals surface area contributed by atoms with E-state index in [9.17, 15) is 13.2 Å². The Balaban J connectivity index is 1.92. The summed E-state index contributed by atoms with van der Waals surface area (Å²) in [6.45, 7) is 2.16. The molecule has 1 aromatic heterocycles. The molecule has 0 bridgehead atoms. The number of anilines is 2. The summed E-state index contributed by atoms with van der Waals surface area (Å²) in [5.74, 6) is -0.0282. The van der Waals surface area contributed by atoms with Gasteiger partial charge < -0.3 is 4.74 Å². The third kappa shape index (κ3) is 2.93. The van der Waals surface area contributed by atoms with Gasteiger partial charge in [-0.15, -0.1) is 0 Å². The van der Waals surface area contributed by atoms with Gasteiger partial charge in [0.05, 0.1) is 11.5 Å². The van der Waals surface area contributed by atoms with E-state index in [0.717, 1.165) is 5.56 Å². The molecule has 1 amide bonds. The van der Waals surface area contributed by atoms with E-state index < -0.39 is 16.1 Å². The molecule has 1 aliphatic heterocycles. The number of hydrogen-bond donors (Lipinski definition) is 2. The van der Waals surface area contributed by atoms with Crippen molar-refractivity contribution in [3.8, 4) is 0 Å². The highest BCUT2D eigenvalue weighted by Gasteiger charge is 2.21. The van der Waals surface area contributed by atoms with Crippen molar-refractivity contribution in [1.29, 1.82) is 0 Å². The molecule has 3 rings (SSSR count). The molecule has 0 fully saturated rings. The number of carbonyl (C=O) groups excluding carboxylic acids is 1. The molecule has 1 aliphatic rings. The van der Waals surface area contributed by atoms with Crippen molar-refractivity contribution in [2.45, 2.75) is 17.7 Å². The van der Waals surface area contributed by atoms with Crippen molar-refractivity contribution in [3.63, 3.8) is 0 Å². The number of rotatable bonds is 3. The Bertz CT molecular complexity index is 800. The minimum absolute atomic E-state index is 0.0282. The number of ether oxygens (including phenoxy) is 1. The molecule has 0 radical (unpaired) electrons. The average Bonchev–Trinajstić information content (AvgIpc) is 2.97. The van der Waals surface area contributed by atoms with Crippen LogP contribution in [-0.2, 0) is 14.8 Å². The standard InChI is InChI=1S/C14H14N2O4S2/c1-9-7-20-14(17)15-13-3-2-10(6-12(9)13)16-22(18,19)11-4-5-21-8-11/h2-6,8-9,16H,7H2,1H3,(H,15,17). The molecule has 6 nitrogen and oxygen atoms in total. The number of sulfonamides is 1. The molecule has 8 heteroatoms. The van der Waals surface area contributed by atoms with Crippen LogP contribution >= 0.6 is 11.3 Å². The summed E-state index contributed by atoms with van der Waals surface area (Å²) in [6.07, 6.45) is -0.503. The molecule has 0 saturated heterocycles. The molecule has 2 N–H and O–H groups in total. The predicted molar refractivity (Wildman–Crippen MR) is 85.0 cm³/mol. The van der Waals surface area contributed by atoms with E-state index >= 15 is 0 Å². The molecule has 0 spiro atoms. The fourth-order valence-corrected chi connectivity index (χ4v) is 4.28. The molecule has 2 heterocycles. The number of fused-ring (bicyclic) bond motifs is 1. The van der Waals surface area contributed by atoms with E-state index in [0.29, 0.717) is 11.4 Å². The first-order chi connectivity index (χ1) is 10.5. The smallest absolute Gasteiger partial charge is 0.411 e. The highest BCUT2D eigenvalue weighted by Crippen LogP contribution is 2.31. The van der Waals surface area contributed by atoms with Crippen LogP contribution in [0.4, 0.5) is 16.2 Å². The van der Waals surface area contributed by atoms with Crippen LogP contribution in [0, 0.1) is 0 Å². The molecule has 0 aliphatic carbocycles. The van der Waals surface area contributed by atoms with Gasteiger partial charge in [-0.05, 0) is 35.2 Å². The van der Waals surface area contributed by atoms with Crippen LogP contribution in [0.15, 0.2) is 39.9 Å². The van der Waals surface area contributed by atoms with Gasteiger partial charge in [-0.2, -0.15) is 11.3 Å². The normalized spacial score (nSPS) is 17.9. The summed E-state index contributed by atoms with van der Waals surface area (Å²) >= 11 is 1.32. The van der Waals surface area contributed by atoms with Gasteiger partial charge in [-0.1, -0.05) is 6.92 Å². The van der Waals surface area contributed by atoms with Crippen LogP contribution < -0.4 is 10.0 Å². The van der Waals surface area contributed by atoms with E-state index in [1.165, 1.54) is 11.3 Å². The lowest BCUT2D eigenvalue weighted by Gasteiger charge is -2.13. The van der Waals surface area contributed by atoms with Gasteiger partial charge in [0, 0.05) is 22.7 Å². The maximum absolute atomic E-state index is 12.2. The third-order valence-electron chi connectivity index (χ3n) is 3.34. The minimum Gasteiger partial charge on any atom is -0.449 e. The molecular formula is C14H14N2O4S2. The van der Waals surface area contributed by atoms with Gasteiger partial charge in [-0.25, -0.2) is 13.2 Å². The molecule has 116 valence electrons. The zero-order valence-corrected chi connectivity index (χ0v) is 13.3. The monoisotopic (exact) mass is 338 g/mol. The van der Waals surface area contributed by atoms with E-state index in [2.05, 4.69) is 10.0 Å². The Kier molecular flexibility index (Phi) is 3.79. The van der Waals surface area contributed by atoms with Crippen LogP contribution in [0.25, 0.3) is 0 Å². The number of benzene rings is 1. The molecule has 1 atom stereocenters. The number of nitrogens with one attached hydrogen (secondary N) is 2. The number of hydrogen-bond acceptors (Lipinski definition) is 5. The quantitative estimate of drug-likeness (QED) is 0.900. The highest BCUT2D eigenvalue weighted by atomic mass is 32.2. The topological polar surface area (TPSA) is 84.5 Å². The summed E-state index contributed by atoms with van der Waals surface area (Å²) in [5.41, 5.74) is 1.91. The van der Waals surface area contributed by atoms with Crippen molar-refractivity contribution in [1.82, 2.24) is 0 Å². The summed E-state index contributed by atoms with van der Waals surface area (Å²) in [6, 6.07) is 6.55. The lowest BCUT2D eigenvalue weighted by Crippen LogP contribution is -2.13. The van der Waals surface area contributed by atoms with Crippen LogP contribution in [-0.4, -0.2) is 21.1 Å². The number of cyclic esters (lactones) is 1. The first-order valence-corrected chi connectivity index (χ1v) is 9.01. The number of thiophene rings is 1. The molecule has 1 aromatic carbocycles. The Hall–Kier alpha value is -2.06. The largest absolute Gasteiger partial charge is 0.449 e. The van der Waals surface area contributed by atoms with Gasteiger partial charge in [0.15, 0.2) is 0 Å². The van der Waals surface area contributed by atoms with Gasteiger partial charge in [0.1, 0.15) is 0 Å². The van der Waals surface area contributed by atoms with E-state index in [1.807, 2.05) is 6.92 Å². The first-order valence-electron chi connectivity index (χ1n) is 6.58. The molecule has 0 saturated carbocycles. The lowest BCUT2D eigenvalue weighted by molar-refractivity contribution is 0.158. The van der Waals surface area contributed by atoms with Gasteiger partial charge in [0.25, 0.3) is 10.0 Å². The SMILES string of the molecule is CC1COC(=O)Nc2ccc(NS(=O)(=O)c3ccsc3)cc21. The van der Waals surface area contributed by atoms with Crippen molar-refractivity contribution in [2.75, 3.05) is 16.6 Å². The third-order valence-corrected chi connectivity index (χ3v) is 5.55. The predicted octanol–water partition coefficient (Wildman–Crippen LogP) is 3.21. The van der Waals surface area contributed by atoms with Gasteiger partial charge >= 0.3 is 6.09 Å². The Morgan fingerprint density at radius 1 is 1.36 bits per heavy atom. The lowest BCUT2D eigenvalue weighted by atomic mass is 10.00. The van der Waals surface area contributed by atoms with E-state index in [1.54, 1.807) is 35.0 Å². The number of amides is 1. The zero-order chi connectivity index (χ0) is 15.7. The fraction of sp³-hybridized carbons (Fsp3) is 0.214. The van der Waals surface area contributed by atoms with Crippen LogP contribution in [0.3, 0.4) is 0 Å². The summed E-state index contributed by atoms with van der Waals surface area (Å²) in [5, 5.41) is 5.91. The minimum atomic E-state index is -3.59. The zero-order valence-electron chi connectivity index (χ0n) is 11.7. The maximum atomic E-state index is 12.2. The maximum Gasteiger partial charge on any atom is 0.411 e. The second-order valence-electron chi connectivity index (χ2n) is 4.99. The summed E-state index contributed by atoms with van der Waals surface area (Å²) in [7, 11) is -3.59. The van der Waals surface area contributed by atoms with Crippen molar-refractivity contribution in [3.05, 3.63) is 40.6 Å². The average molecular weight is 338 g/mol. The Morgan fingerprint density at radius 3 is 2.91 bits per heavy atom. The Morgan fingerprint density at radius 2 is 2.18 bits per heavy atom. The fourth-order valence-electron chi connectivity index (χ4n) is 2.20. The van der Waals surface area contributed by atoms with Crippen LogP contribution in [0.5, 0.6) is 0 Å². The second kappa shape index (κ2) is 5.62. The van der Waals surface area contributed by atoms with Gasteiger partial charge in [-0.3, -0.25) is 10.0 Å². The van der Waals surface area contributed by atoms with Crippen LogP contribution in [0.1, 0.15) is 18.4 Å². The van der Waals surface area contributed by atoms with Crippen molar-refractivity contribution >= 4 is 38.8 Å². The first kappa shape index (κ1) is 14.9.